The van der Waals surface area contributed by atoms with E-state index in [1.165, 1.54) is 116 Å². The quantitative estimate of drug-likeness (QED) is 0.116. The van der Waals surface area contributed by atoms with Gasteiger partial charge in [0.05, 0.1) is 14.2 Å². The highest BCUT2D eigenvalue weighted by molar-refractivity contribution is 7.31. The summed E-state index contributed by atoms with van der Waals surface area (Å²) in [5.74, 6) is 0.124. The summed E-state index contributed by atoms with van der Waals surface area (Å²) in [5.41, 5.74) is -0.205. The molecule has 0 heterocycles. The van der Waals surface area contributed by atoms with Crippen molar-refractivity contribution < 1.29 is 9.32 Å². The van der Waals surface area contributed by atoms with Gasteiger partial charge < -0.3 is 4.52 Å². The first-order chi connectivity index (χ1) is 14.7. The Hall–Kier alpha value is -0.100. The molecule has 0 rings (SSSR count). The van der Waals surface area contributed by atoms with Gasteiger partial charge in [-0.2, -0.15) is 0 Å². The van der Waals surface area contributed by atoms with Crippen LogP contribution in [0.3, 0.4) is 0 Å². The van der Waals surface area contributed by atoms with Gasteiger partial charge in [-0.25, -0.2) is 0 Å². The molecule has 0 bridgehead atoms. The Labute approximate surface area is 192 Å². The van der Waals surface area contributed by atoms with Crippen molar-refractivity contribution in [1.29, 1.82) is 0 Å². The van der Waals surface area contributed by atoms with E-state index in [1.807, 2.05) is 6.66 Å². The predicted molar refractivity (Wildman–Crippen MR) is 137 cm³/mol. The summed E-state index contributed by atoms with van der Waals surface area (Å²) in [6.07, 6.45) is 26.5. The van der Waals surface area contributed by atoms with Crippen molar-refractivity contribution in [2.24, 2.45) is 5.41 Å². The first-order valence-electron chi connectivity index (χ1n) is 13.5. The van der Waals surface area contributed by atoms with Crippen LogP contribution in [0.1, 0.15) is 156 Å². The fraction of sp³-hybridized carbons (Fsp3) is 0.963. The second-order valence-electron chi connectivity index (χ2n) is 9.43. The molecule has 0 aromatic rings. The maximum atomic E-state index is 13.1. The molecule has 0 amide bonds. The SMILES string of the molecule is CCCCCCCCC(CCCCCCCC)(CCCCCCCC)C(=O)OPC. The molecule has 30 heavy (non-hydrogen) atoms. The zero-order valence-electron chi connectivity index (χ0n) is 21.2. The topological polar surface area (TPSA) is 26.3 Å². The van der Waals surface area contributed by atoms with Gasteiger partial charge in [0.15, 0.2) is 0 Å². The minimum absolute atomic E-state index is 0.124. The zero-order chi connectivity index (χ0) is 22.3. The molecule has 0 aromatic heterocycles. The van der Waals surface area contributed by atoms with E-state index in [1.54, 1.807) is 0 Å². The van der Waals surface area contributed by atoms with Gasteiger partial charge in [0.2, 0.25) is 0 Å². The lowest BCUT2D eigenvalue weighted by Gasteiger charge is -2.32. The van der Waals surface area contributed by atoms with E-state index in [9.17, 15) is 4.79 Å². The van der Waals surface area contributed by atoms with Crippen LogP contribution in [0.25, 0.3) is 0 Å². The lowest BCUT2D eigenvalue weighted by molar-refractivity contribution is -0.146. The van der Waals surface area contributed by atoms with Crippen LogP contribution < -0.4 is 0 Å². The molecule has 0 aromatic carbocycles. The minimum atomic E-state index is -0.205. The first-order valence-corrected chi connectivity index (χ1v) is 15.0. The largest absolute Gasteiger partial charge is 0.448 e. The van der Waals surface area contributed by atoms with Crippen LogP contribution in [-0.2, 0) is 9.32 Å². The number of rotatable bonds is 23. The number of carbonyl (C=O) groups excluding carboxylic acids is 1. The Morgan fingerprint density at radius 1 is 0.567 bits per heavy atom. The van der Waals surface area contributed by atoms with Gasteiger partial charge in [-0.05, 0) is 25.9 Å². The van der Waals surface area contributed by atoms with E-state index < -0.39 is 0 Å². The summed E-state index contributed by atoms with van der Waals surface area (Å²) in [5, 5.41) is 0. The highest BCUT2D eigenvalue weighted by atomic mass is 31.1. The maximum absolute atomic E-state index is 13.1. The summed E-state index contributed by atoms with van der Waals surface area (Å²) in [4.78, 5) is 13.1. The third-order valence-corrected chi connectivity index (χ3v) is 7.04. The molecule has 0 saturated heterocycles. The lowest BCUT2D eigenvalue weighted by atomic mass is 9.74. The first kappa shape index (κ1) is 29.9. The smallest absolute Gasteiger partial charge is 0.314 e. The molecular formula is C27H55O2P. The molecular weight excluding hydrogens is 387 g/mol. The van der Waals surface area contributed by atoms with Crippen molar-refractivity contribution in [2.45, 2.75) is 156 Å². The van der Waals surface area contributed by atoms with Crippen molar-refractivity contribution in [3.05, 3.63) is 0 Å². The van der Waals surface area contributed by atoms with Crippen molar-refractivity contribution in [3.8, 4) is 0 Å². The van der Waals surface area contributed by atoms with Gasteiger partial charge >= 0.3 is 5.97 Å². The minimum Gasteiger partial charge on any atom is -0.448 e. The molecule has 1 unspecified atom stereocenters. The molecule has 0 radical (unpaired) electrons. The summed E-state index contributed by atoms with van der Waals surface area (Å²) >= 11 is 0. The van der Waals surface area contributed by atoms with E-state index in [2.05, 4.69) is 20.8 Å². The van der Waals surface area contributed by atoms with Crippen molar-refractivity contribution >= 4 is 14.8 Å². The van der Waals surface area contributed by atoms with Gasteiger partial charge in [-0.1, -0.05) is 136 Å². The van der Waals surface area contributed by atoms with E-state index in [0.717, 1.165) is 19.3 Å². The Balaban J connectivity index is 4.77. The van der Waals surface area contributed by atoms with E-state index >= 15 is 0 Å². The standard InChI is InChI=1S/C27H55O2P/c1-5-8-11-14-17-20-23-27(26(28)29-30-4,24-21-18-15-12-9-6-2)25-22-19-16-13-10-7-3/h30H,5-25H2,1-4H3. The molecule has 0 N–H and O–H groups in total. The van der Waals surface area contributed by atoms with Crippen LogP contribution in [-0.4, -0.2) is 12.6 Å². The van der Waals surface area contributed by atoms with Gasteiger partial charge in [0, 0.05) is 0 Å². The normalized spacial score (nSPS) is 12.1. The highest BCUT2D eigenvalue weighted by Gasteiger charge is 2.38. The zero-order valence-corrected chi connectivity index (χ0v) is 22.2. The summed E-state index contributed by atoms with van der Waals surface area (Å²) in [6, 6.07) is 0. The Morgan fingerprint density at radius 2 is 0.867 bits per heavy atom. The van der Waals surface area contributed by atoms with Crippen LogP contribution in [0.5, 0.6) is 0 Å². The molecule has 1 atom stereocenters. The van der Waals surface area contributed by atoms with Crippen LogP contribution in [0.2, 0.25) is 0 Å². The van der Waals surface area contributed by atoms with Crippen LogP contribution in [0, 0.1) is 5.41 Å². The van der Waals surface area contributed by atoms with E-state index in [4.69, 9.17) is 4.52 Å². The molecule has 0 spiro atoms. The van der Waals surface area contributed by atoms with Crippen LogP contribution in [0.15, 0.2) is 0 Å². The summed E-state index contributed by atoms with van der Waals surface area (Å²) in [7, 11) is 0.278. The molecule has 0 fully saturated rings. The van der Waals surface area contributed by atoms with Gasteiger partial charge in [-0.15, -0.1) is 0 Å². The number of hydrogen-bond acceptors (Lipinski definition) is 2. The molecule has 0 aliphatic rings. The van der Waals surface area contributed by atoms with Gasteiger partial charge in [-0.3, -0.25) is 4.79 Å². The predicted octanol–water partition coefficient (Wildman–Crippen LogP) is 9.99. The monoisotopic (exact) mass is 442 g/mol. The number of unbranched alkanes of at least 4 members (excludes halogenated alkanes) is 15. The average Bonchev–Trinajstić information content (AvgIpc) is 2.75. The van der Waals surface area contributed by atoms with Gasteiger partial charge in [0.25, 0.3) is 0 Å². The number of hydrogen-bond donors (Lipinski definition) is 0. The third kappa shape index (κ3) is 15.7. The van der Waals surface area contributed by atoms with E-state index in [0.29, 0.717) is 0 Å². The lowest BCUT2D eigenvalue weighted by Crippen LogP contribution is -2.32. The maximum Gasteiger partial charge on any atom is 0.314 e. The molecule has 3 heteroatoms. The second-order valence-corrected chi connectivity index (χ2v) is 10.0. The fourth-order valence-corrected chi connectivity index (χ4v) is 5.02. The van der Waals surface area contributed by atoms with Crippen molar-refractivity contribution in [1.82, 2.24) is 0 Å². The Kier molecular flexibility index (Phi) is 22.0. The van der Waals surface area contributed by atoms with Crippen molar-refractivity contribution in [3.63, 3.8) is 0 Å². The Bertz CT molecular complexity index is 329. The van der Waals surface area contributed by atoms with Gasteiger partial charge in [0.1, 0.15) is 0 Å². The molecule has 0 aliphatic carbocycles. The molecule has 180 valence electrons. The average molecular weight is 443 g/mol. The second kappa shape index (κ2) is 22.1. The van der Waals surface area contributed by atoms with Crippen LogP contribution in [0.4, 0.5) is 0 Å². The van der Waals surface area contributed by atoms with E-state index in [-0.39, 0.29) is 20.2 Å². The Morgan fingerprint density at radius 3 is 1.17 bits per heavy atom. The summed E-state index contributed by atoms with van der Waals surface area (Å²) in [6.45, 7) is 8.80. The highest BCUT2D eigenvalue weighted by Crippen LogP contribution is 2.40. The van der Waals surface area contributed by atoms with Crippen molar-refractivity contribution in [2.75, 3.05) is 6.66 Å². The molecule has 0 aliphatic heterocycles. The van der Waals surface area contributed by atoms with Crippen LogP contribution >= 0.6 is 8.81 Å². The summed E-state index contributed by atoms with van der Waals surface area (Å²) < 4.78 is 5.68. The third-order valence-electron chi connectivity index (χ3n) is 6.65. The number of carbonyl (C=O) groups is 1. The molecule has 0 saturated carbocycles. The fourth-order valence-electron chi connectivity index (χ4n) is 4.61. The molecule has 2 nitrogen and oxygen atoms in total.